The fourth-order valence-electron chi connectivity index (χ4n) is 2.25. The van der Waals surface area contributed by atoms with E-state index in [2.05, 4.69) is 47.1 Å². The van der Waals surface area contributed by atoms with Gasteiger partial charge in [-0.2, -0.15) is 0 Å². The Labute approximate surface area is 165 Å². The first kappa shape index (κ1) is 18.2. The number of hydrogen-bond donors (Lipinski definition) is 1. The van der Waals surface area contributed by atoms with E-state index in [1.807, 2.05) is 24.5 Å². The predicted molar refractivity (Wildman–Crippen MR) is 106 cm³/mol. The molecule has 1 N–H and O–H groups in total. The molecule has 0 bridgehead atoms. The first-order valence-corrected chi connectivity index (χ1v) is 10.0. The molecule has 2 aromatic heterocycles. The molecule has 8 heteroatoms. The minimum absolute atomic E-state index is 0.254. The van der Waals surface area contributed by atoms with Gasteiger partial charge in [0.1, 0.15) is 5.03 Å². The monoisotopic (exact) mass is 481 g/mol. The maximum Gasteiger partial charge on any atom is 0.260 e. The number of anilines is 1. The summed E-state index contributed by atoms with van der Waals surface area (Å²) in [5.74, 6) is 0.783. The number of furan rings is 1. The van der Waals surface area contributed by atoms with Gasteiger partial charge >= 0.3 is 0 Å². The highest BCUT2D eigenvalue weighted by Gasteiger charge is 2.20. The normalized spacial score (nSPS) is 10.7. The Kier molecular flexibility index (Phi) is 5.61. The summed E-state index contributed by atoms with van der Waals surface area (Å²) in [4.78, 5) is 21.7. The number of rotatable bonds is 4. The molecule has 5 nitrogen and oxygen atoms in total. The summed E-state index contributed by atoms with van der Waals surface area (Å²) in [5, 5.41) is 3.50. The van der Waals surface area contributed by atoms with E-state index in [1.54, 1.807) is 25.3 Å². The highest BCUT2D eigenvalue weighted by molar-refractivity contribution is 9.11. The highest BCUT2D eigenvalue weighted by atomic mass is 79.9. The molecule has 128 valence electrons. The first-order chi connectivity index (χ1) is 12.0. The van der Waals surface area contributed by atoms with Crippen LogP contribution in [0.1, 0.15) is 16.1 Å². The van der Waals surface area contributed by atoms with E-state index in [4.69, 9.17) is 4.42 Å². The van der Waals surface area contributed by atoms with Crippen molar-refractivity contribution < 1.29 is 9.21 Å². The maximum atomic E-state index is 12.8. The lowest BCUT2D eigenvalue weighted by Gasteiger charge is -2.12. The molecule has 0 saturated carbocycles. The van der Waals surface area contributed by atoms with Gasteiger partial charge in [0.05, 0.1) is 23.2 Å². The Morgan fingerprint density at radius 3 is 2.68 bits per heavy atom. The van der Waals surface area contributed by atoms with Gasteiger partial charge in [0.15, 0.2) is 11.6 Å². The summed E-state index contributed by atoms with van der Waals surface area (Å²) in [6, 6.07) is 9.11. The van der Waals surface area contributed by atoms with Crippen LogP contribution in [0.5, 0.6) is 0 Å². The van der Waals surface area contributed by atoms with Gasteiger partial charge in [0.25, 0.3) is 5.91 Å². The van der Waals surface area contributed by atoms with Crippen LogP contribution in [-0.4, -0.2) is 22.1 Å². The maximum absolute atomic E-state index is 12.8. The van der Waals surface area contributed by atoms with Crippen molar-refractivity contribution in [3.8, 4) is 11.6 Å². The zero-order valence-corrected chi connectivity index (χ0v) is 17.3. The summed E-state index contributed by atoms with van der Waals surface area (Å²) in [5.41, 5.74) is 1.73. The van der Waals surface area contributed by atoms with Gasteiger partial charge in [0.2, 0.25) is 0 Å². The quantitative estimate of drug-likeness (QED) is 0.390. The van der Waals surface area contributed by atoms with Crippen LogP contribution in [0.25, 0.3) is 11.6 Å². The fourth-order valence-corrected chi connectivity index (χ4v) is 4.02. The predicted octanol–water partition coefficient (Wildman–Crippen LogP) is 5.54. The molecule has 25 heavy (non-hydrogen) atoms. The van der Waals surface area contributed by atoms with Gasteiger partial charge in [-0.05, 0) is 59.4 Å². The fraction of sp³-hybridized carbons (Fsp3) is 0.118. The van der Waals surface area contributed by atoms with E-state index < -0.39 is 0 Å². The number of benzene rings is 1. The highest BCUT2D eigenvalue weighted by Crippen LogP contribution is 2.29. The van der Waals surface area contributed by atoms with Crippen molar-refractivity contribution in [1.82, 2.24) is 9.97 Å². The summed E-state index contributed by atoms with van der Waals surface area (Å²) < 4.78 is 7.06. The molecule has 0 fully saturated rings. The largest absolute Gasteiger partial charge is 0.461 e. The van der Waals surface area contributed by atoms with Gasteiger partial charge in [-0.25, -0.2) is 9.97 Å². The topological polar surface area (TPSA) is 68.0 Å². The van der Waals surface area contributed by atoms with Crippen LogP contribution >= 0.6 is 43.6 Å². The number of carbonyl (C=O) groups is 1. The average molecular weight is 483 g/mol. The molecule has 1 amide bonds. The molecule has 3 aromatic rings. The number of aromatic nitrogens is 2. The number of thioether (sulfide) groups is 1. The van der Waals surface area contributed by atoms with Crippen LogP contribution in [0.15, 0.2) is 55.0 Å². The van der Waals surface area contributed by atoms with Crippen molar-refractivity contribution in [2.75, 3.05) is 11.6 Å². The molecule has 0 aliphatic carbocycles. The second kappa shape index (κ2) is 7.72. The van der Waals surface area contributed by atoms with E-state index in [0.717, 1.165) is 8.95 Å². The van der Waals surface area contributed by atoms with Gasteiger partial charge in [-0.15, -0.1) is 11.8 Å². The van der Waals surface area contributed by atoms with Crippen LogP contribution in [0, 0.1) is 6.92 Å². The van der Waals surface area contributed by atoms with Crippen molar-refractivity contribution in [3.05, 3.63) is 56.8 Å². The molecule has 0 saturated heterocycles. The van der Waals surface area contributed by atoms with Gasteiger partial charge < -0.3 is 9.73 Å². The molecule has 3 rings (SSSR count). The molecule has 2 heterocycles. The third-order valence-corrected chi connectivity index (χ3v) is 5.23. The standard InChI is InChI=1S/C17H13Br2N3O2S/c1-9-14(16(23)21-12-6-5-10(18)8-11(12)19)17(25-2)22-15(20-9)13-4-3-7-24-13/h3-8H,1-2H3,(H,21,23). The molecule has 0 aliphatic heterocycles. The van der Waals surface area contributed by atoms with Crippen molar-refractivity contribution in [1.29, 1.82) is 0 Å². The molecule has 0 atom stereocenters. The molecular weight excluding hydrogens is 470 g/mol. The zero-order valence-electron chi connectivity index (χ0n) is 13.3. The Bertz CT molecular complexity index is 930. The van der Waals surface area contributed by atoms with E-state index in [9.17, 15) is 4.79 Å². The molecule has 0 aliphatic rings. The Balaban J connectivity index is 1.97. The summed E-state index contributed by atoms with van der Waals surface area (Å²) >= 11 is 8.23. The summed E-state index contributed by atoms with van der Waals surface area (Å²) in [7, 11) is 0. The third-order valence-electron chi connectivity index (χ3n) is 3.40. The van der Waals surface area contributed by atoms with Crippen LogP contribution in [0.4, 0.5) is 5.69 Å². The smallest absolute Gasteiger partial charge is 0.260 e. The summed E-state index contributed by atoms with van der Waals surface area (Å²) in [6.45, 7) is 1.79. The van der Waals surface area contributed by atoms with Crippen LogP contribution < -0.4 is 5.32 Å². The van der Waals surface area contributed by atoms with Crippen LogP contribution in [-0.2, 0) is 0 Å². The third kappa shape index (κ3) is 3.96. The molecule has 0 unspecified atom stereocenters. The summed E-state index contributed by atoms with van der Waals surface area (Å²) in [6.07, 6.45) is 3.44. The second-order valence-corrected chi connectivity index (χ2v) is 7.64. The van der Waals surface area contributed by atoms with Crippen molar-refractivity contribution in [2.24, 2.45) is 0 Å². The lowest BCUT2D eigenvalue weighted by Crippen LogP contribution is -2.17. The molecule has 1 aromatic carbocycles. The first-order valence-electron chi connectivity index (χ1n) is 7.22. The lowest BCUT2D eigenvalue weighted by atomic mass is 10.2. The zero-order chi connectivity index (χ0) is 18.0. The molecule has 0 radical (unpaired) electrons. The number of hydrogen-bond acceptors (Lipinski definition) is 5. The van der Waals surface area contributed by atoms with E-state index in [1.165, 1.54) is 11.8 Å². The number of nitrogens with one attached hydrogen (secondary N) is 1. The number of halogens is 2. The number of nitrogens with zero attached hydrogens (tertiary/aromatic N) is 2. The Morgan fingerprint density at radius 1 is 1.24 bits per heavy atom. The van der Waals surface area contributed by atoms with E-state index in [-0.39, 0.29) is 5.91 Å². The SMILES string of the molecule is CSc1nc(-c2ccco2)nc(C)c1C(=O)Nc1ccc(Br)cc1Br. The average Bonchev–Trinajstić information content (AvgIpc) is 3.11. The van der Waals surface area contributed by atoms with E-state index in [0.29, 0.717) is 33.6 Å². The van der Waals surface area contributed by atoms with Crippen molar-refractivity contribution in [3.63, 3.8) is 0 Å². The van der Waals surface area contributed by atoms with Crippen molar-refractivity contribution in [2.45, 2.75) is 11.9 Å². The number of amides is 1. The minimum Gasteiger partial charge on any atom is -0.461 e. The molecular formula is C17H13Br2N3O2S. The Morgan fingerprint density at radius 2 is 2.04 bits per heavy atom. The van der Waals surface area contributed by atoms with Crippen molar-refractivity contribution >= 4 is 55.2 Å². The number of aryl methyl sites for hydroxylation is 1. The van der Waals surface area contributed by atoms with Crippen LogP contribution in [0.3, 0.4) is 0 Å². The second-order valence-electron chi connectivity index (χ2n) is 5.07. The minimum atomic E-state index is -0.254. The van der Waals surface area contributed by atoms with Gasteiger partial charge in [-0.3, -0.25) is 4.79 Å². The van der Waals surface area contributed by atoms with Gasteiger partial charge in [-0.1, -0.05) is 15.9 Å². The molecule has 0 spiro atoms. The number of carbonyl (C=O) groups excluding carboxylic acids is 1. The Hall–Kier alpha value is -1.64. The van der Waals surface area contributed by atoms with E-state index >= 15 is 0 Å². The van der Waals surface area contributed by atoms with Crippen LogP contribution in [0.2, 0.25) is 0 Å². The lowest BCUT2D eigenvalue weighted by molar-refractivity contribution is 0.102. The van der Waals surface area contributed by atoms with Gasteiger partial charge in [0, 0.05) is 8.95 Å².